The van der Waals surface area contributed by atoms with Crippen molar-refractivity contribution in [2.45, 2.75) is 25.8 Å². The summed E-state index contributed by atoms with van der Waals surface area (Å²) in [6.45, 7) is 2.08. The number of hydrogen-bond donors (Lipinski definition) is 2. The normalized spacial score (nSPS) is 11.5. The highest BCUT2D eigenvalue weighted by Crippen LogP contribution is 2.28. The Morgan fingerprint density at radius 3 is 2.57 bits per heavy atom. The van der Waals surface area contributed by atoms with E-state index in [1.807, 2.05) is 0 Å². The summed E-state index contributed by atoms with van der Waals surface area (Å²) in [6, 6.07) is 3.60. The lowest BCUT2D eigenvalue weighted by molar-refractivity contribution is -0.143. The van der Waals surface area contributed by atoms with Gasteiger partial charge in [0, 0.05) is 5.56 Å². The van der Waals surface area contributed by atoms with Gasteiger partial charge < -0.3 is 24.6 Å². The van der Waals surface area contributed by atoms with Crippen LogP contribution in [0.5, 0.6) is 11.5 Å². The predicted molar refractivity (Wildman–Crippen MR) is 83.8 cm³/mol. The van der Waals surface area contributed by atoms with E-state index in [1.165, 1.54) is 20.3 Å². The third kappa shape index (κ3) is 5.45. The van der Waals surface area contributed by atoms with Gasteiger partial charge in [-0.2, -0.15) is 0 Å². The Hall–Kier alpha value is -2.28. The topological polar surface area (TPSA) is 94.1 Å². The van der Waals surface area contributed by atoms with E-state index in [-0.39, 0.29) is 5.56 Å². The molecule has 0 aliphatic rings. The molecule has 2 N–H and O–H groups in total. The van der Waals surface area contributed by atoms with E-state index in [2.05, 4.69) is 17.0 Å². The summed E-state index contributed by atoms with van der Waals surface area (Å²) < 4.78 is 15.3. The molecule has 7 heteroatoms. The minimum Gasteiger partial charge on any atom is -0.493 e. The van der Waals surface area contributed by atoms with Gasteiger partial charge in [0.25, 0.3) is 5.91 Å². The van der Waals surface area contributed by atoms with E-state index in [0.29, 0.717) is 18.1 Å². The number of aliphatic hydroxyl groups excluding tert-OH is 1. The Balaban J connectivity index is 2.83. The van der Waals surface area contributed by atoms with E-state index in [4.69, 9.17) is 14.6 Å². The summed E-state index contributed by atoms with van der Waals surface area (Å²) in [5, 5.41) is 11.5. The standard InChI is InChI=1S/C16H23NO6/c1-4-5-8-23-13-7-6-11(9-14(13)21-2)15(19)17-12(10-18)16(20)22-3/h6-7,9,12,18H,4-5,8,10H2,1-3H3,(H,17,19)/t12-/m0/s1. The zero-order valence-corrected chi connectivity index (χ0v) is 13.6. The Labute approximate surface area is 135 Å². The van der Waals surface area contributed by atoms with Gasteiger partial charge in [-0.05, 0) is 24.6 Å². The number of nitrogens with one attached hydrogen (secondary N) is 1. The van der Waals surface area contributed by atoms with Crippen LogP contribution in [0.2, 0.25) is 0 Å². The van der Waals surface area contributed by atoms with Crippen molar-refractivity contribution in [2.24, 2.45) is 0 Å². The molecule has 1 aromatic rings. The first kappa shape index (κ1) is 18.8. The molecule has 7 nitrogen and oxygen atoms in total. The van der Waals surface area contributed by atoms with E-state index >= 15 is 0 Å². The number of aliphatic hydroxyl groups is 1. The lowest BCUT2D eigenvalue weighted by Gasteiger charge is -2.15. The second-order valence-electron chi connectivity index (χ2n) is 4.80. The average molecular weight is 325 g/mol. The van der Waals surface area contributed by atoms with Crippen molar-refractivity contribution in [1.29, 1.82) is 0 Å². The third-order valence-corrected chi connectivity index (χ3v) is 3.15. The summed E-state index contributed by atoms with van der Waals surface area (Å²) in [4.78, 5) is 23.5. The van der Waals surface area contributed by atoms with Crippen LogP contribution in [0.1, 0.15) is 30.1 Å². The SMILES string of the molecule is CCCCOc1ccc(C(=O)N[C@@H](CO)C(=O)OC)cc1OC. The van der Waals surface area contributed by atoms with Gasteiger partial charge in [0.15, 0.2) is 17.5 Å². The maximum Gasteiger partial charge on any atom is 0.330 e. The van der Waals surface area contributed by atoms with Crippen LogP contribution in [0.25, 0.3) is 0 Å². The summed E-state index contributed by atoms with van der Waals surface area (Å²) in [7, 11) is 2.66. The molecule has 1 amide bonds. The van der Waals surface area contributed by atoms with Crippen LogP contribution in [0.3, 0.4) is 0 Å². The summed E-state index contributed by atoms with van der Waals surface area (Å²) >= 11 is 0. The average Bonchev–Trinajstić information content (AvgIpc) is 2.59. The molecule has 0 radical (unpaired) electrons. The minimum atomic E-state index is -1.11. The third-order valence-electron chi connectivity index (χ3n) is 3.15. The molecule has 0 spiro atoms. The molecule has 0 fully saturated rings. The fourth-order valence-corrected chi connectivity index (χ4v) is 1.82. The molecule has 1 atom stereocenters. The highest BCUT2D eigenvalue weighted by atomic mass is 16.5. The second-order valence-corrected chi connectivity index (χ2v) is 4.80. The molecule has 0 aromatic heterocycles. The molecule has 0 aliphatic heterocycles. The highest BCUT2D eigenvalue weighted by Gasteiger charge is 2.21. The molecule has 0 unspecified atom stereocenters. The number of methoxy groups -OCH3 is 2. The number of amides is 1. The molecule has 0 heterocycles. The van der Waals surface area contributed by atoms with Gasteiger partial charge in [0.1, 0.15) is 0 Å². The largest absolute Gasteiger partial charge is 0.493 e. The first-order chi connectivity index (χ1) is 11.1. The number of ether oxygens (including phenoxy) is 3. The van der Waals surface area contributed by atoms with Crippen LogP contribution in [0.4, 0.5) is 0 Å². The summed E-state index contributed by atoms with van der Waals surface area (Å²) in [5.74, 6) is -0.267. The monoisotopic (exact) mass is 325 g/mol. The molecule has 23 heavy (non-hydrogen) atoms. The van der Waals surface area contributed by atoms with Gasteiger partial charge in [0.05, 0.1) is 27.4 Å². The first-order valence-electron chi connectivity index (χ1n) is 7.37. The van der Waals surface area contributed by atoms with E-state index in [9.17, 15) is 9.59 Å². The van der Waals surface area contributed by atoms with Crippen molar-refractivity contribution < 1.29 is 28.9 Å². The van der Waals surface area contributed by atoms with Gasteiger partial charge >= 0.3 is 5.97 Å². The highest BCUT2D eigenvalue weighted by molar-refractivity contribution is 5.97. The van der Waals surface area contributed by atoms with Crippen LogP contribution in [-0.4, -0.2) is 50.5 Å². The van der Waals surface area contributed by atoms with E-state index in [1.54, 1.807) is 12.1 Å². The van der Waals surface area contributed by atoms with Gasteiger partial charge in [-0.3, -0.25) is 4.79 Å². The molecule has 0 bridgehead atoms. The van der Waals surface area contributed by atoms with E-state index in [0.717, 1.165) is 12.8 Å². The van der Waals surface area contributed by atoms with Crippen molar-refractivity contribution in [3.05, 3.63) is 23.8 Å². The molecular weight excluding hydrogens is 302 g/mol. The predicted octanol–water partition coefficient (Wildman–Crippen LogP) is 1.14. The van der Waals surface area contributed by atoms with Gasteiger partial charge in [-0.15, -0.1) is 0 Å². The Morgan fingerprint density at radius 2 is 2.00 bits per heavy atom. The van der Waals surface area contributed by atoms with Crippen LogP contribution in [0.15, 0.2) is 18.2 Å². The Morgan fingerprint density at radius 1 is 1.26 bits per heavy atom. The zero-order valence-electron chi connectivity index (χ0n) is 13.6. The van der Waals surface area contributed by atoms with Crippen molar-refractivity contribution >= 4 is 11.9 Å². The summed E-state index contributed by atoms with van der Waals surface area (Å²) in [5.41, 5.74) is 0.284. The summed E-state index contributed by atoms with van der Waals surface area (Å²) in [6.07, 6.45) is 1.93. The van der Waals surface area contributed by atoms with Crippen LogP contribution in [0, 0.1) is 0 Å². The minimum absolute atomic E-state index is 0.284. The van der Waals surface area contributed by atoms with Crippen molar-refractivity contribution in [3.8, 4) is 11.5 Å². The molecular formula is C16H23NO6. The first-order valence-corrected chi connectivity index (χ1v) is 7.37. The number of rotatable bonds is 9. The number of carbonyl (C=O) groups excluding carboxylic acids is 2. The number of unbranched alkanes of at least 4 members (excludes halogenated alkanes) is 1. The quantitative estimate of drug-likeness (QED) is 0.522. The molecule has 1 aromatic carbocycles. The number of benzene rings is 1. The zero-order chi connectivity index (χ0) is 17.2. The van der Waals surface area contributed by atoms with Crippen molar-refractivity contribution in [3.63, 3.8) is 0 Å². The lowest BCUT2D eigenvalue weighted by Crippen LogP contribution is -2.44. The maximum absolute atomic E-state index is 12.1. The molecule has 128 valence electrons. The van der Waals surface area contributed by atoms with Crippen LogP contribution < -0.4 is 14.8 Å². The number of esters is 1. The van der Waals surface area contributed by atoms with Crippen LogP contribution in [-0.2, 0) is 9.53 Å². The van der Waals surface area contributed by atoms with Crippen molar-refractivity contribution in [2.75, 3.05) is 27.4 Å². The second kappa shape index (κ2) is 9.68. The Bertz CT molecular complexity index is 531. The maximum atomic E-state index is 12.1. The molecule has 0 saturated heterocycles. The number of carbonyl (C=O) groups is 2. The van der Waals surface area contributed by atoms with Gasteiger partial charge in [-0.1, -0.05) is 13.3 Å². The van der Waals surface area contributed by atoms with E-state index < -0.39 is 24.5 Å². The van der Waals surface area contributed by atoms with Gasteiger partial charge in [0.2, 0.25) is 0 Å². The fraction of sp³-hybridized carbons (Fsp3) is 0.500. The Kier molecular flexibility index (Phi) is 7.90. The lowest BCUT2D eigenvalue weighted by atomic mass is 10.1. The molecule has 0 saturated carbocycles. The fourth-order valence-electron chi connectivity index (χ4n) is 1.82. The number of hydrogen-bond acceptors (Lipinski definition) is 6. The molecule has 0 aliphatic carbocycles. The smallest absolute Gasteiger partial charge is 0.330 e. The van der Waals surface area contributed by atoms with Crippen molar-refractivity contribution in [1.82, 2.24) is 5.32 Å². The molecule has 1 rings (SSSR count). The van der Waals surface area contributed by atoms with Crippen LogP contribution >= 0.6 is 0 Å². The van der Waals surface area contributed by atoms with Gasteiger partial charge in [-0.25, -0.2) is 4.79 Å².